The Morgan fingerprint density at radius 1 is 1.68 bits per heavy atom. The number of nitrogens with zero attached hydrogens (tertiary/aromatic N) is 4. The molecule has 10 heteroatoms. The van der Waals surface area contributed by atoms with Gasteiger partial charge in [0.25, 0.3) is 4.73 Å². The summed E-state index contributed by atoms with van der Waals surface area (Å²) in [6.45, 7) is 1.63. The molecule has 2 heterocycles. The van der Waals surface area contributed by atoms with Crippen LogP contribution in [0.5, 0.6) is 0 Å². The second-order valence-electron chi connectivity index (χ2n) is 3.63. The van der Waals surface area contributed by atoms with Gasteiger partial charge in [0.05, 0.1) is 0 Å². The van der Waals surface area contributed by atoms with E-state index in [1.165, 1.54) is 10.7 Å². The topological polar surface area (TPSA) is 124 Å². The van der Waals surface area contributed by atoms with Crippen molar-refractivity contribution in [3.63, 3.8) is 0 Å². The largest absolute Gasteiger partial charge is 0.492 e. The maximum absolute atomic E-state index is 10.8. The van der Waals surface area contributed by atoms with Crippen molar-refractivity contribution in [1.82, 2.24) is 14.8 Å². The van der Waals surface area contributed by atoms with Crippen LogP contribution in [0, 0.1) is 17.0 Å². The molecule has 0 atom stereocenters. The van der Waals surface area contributed by atoms with E-state index in [1.54, 1.807) is 6.92 Å². The third-order valence-electron chi connectivity index (χ3n) is 2.25. The first-order valence-corrected chi connectivity index (χ1v) is 5.75. The van der Waals surface area contributed by atoms with Gasteiger partial charge in [0.1, 0.15) is 12.3 Å². The van der Waals surface area contributed by atoms with Gasteiger partial charge in [0, 0.05) is 26.6 Å². The fourth-order valence-electron chi connectivity index (χ4n) is 1.48. The third-order valence-corrected chi connectivity index (χ3v) is 2.83. The highest BCUT2D eigenvalue weighted by atomic mass is 79.9. The van der Waals surface area contributed by atoms with Crippen molar-refractivity contribution in [2.45, 2.75) is 13.5 Å². The molecule has 0 spiro atoms. The first-order valence-electron chi connectivity index (χ1n) is 4.96. The molecule has 100 valence electrons. The normalized spacial score (nSPS) is 10.6. The summed E-state index contributed by atoms with van der Waals surface area (Å²) in [5, 5.41) is 23.0. The highest BCUT2D eigenvalue weighted by Crippen LogP contribution is 2.18. The van der Waals surface area contributed by atoms with Gasteiger partial charge >= 0.3 is 11.9 Å². The predicted molar refractivity (Wildman–Crippen MR) is 63.9 cm³/mol. The summed E-state index contributed by atoms with van der Waals surface area (Å²) in [5.41, 5.74) is 0.466. The van der Waals surface area contributed by atoms with Gasteiger partial charge in [0.2, 0.25) is 5.76 Å². The molecule has 0 aliphatic carbocycles. The van der Waals surface area contributed by atoms with E-state index in [1.807, 2.05) is 0 Å². The minimum absolute atomic E-state index is 0.0372. The van der Waals surface area contributed by atoms with Crippen molar-refractivity contribution < 1.29 is 19.2 Å². The molecule has 0 unspecified atom stereocenters. The lowest BCUT2D eigenvalue weighted by Crippen LogP contribution is -2.02. The molecule has 0 saturated carbocycles. The molecule has 0 amide bonds. The van der Waals surface area contributed by atoms with Crippen LogP contribution >= 0.6 is 15.9 Å². The minimum Gasteiger partial charge on any atom is -0.475 e. The number of aryl methyl sites for hydroxylation is 1. The van der Waals surface area contributed by atoms with Crippen molar-refractivity contribution in [3.05, 3.63) is 38.0 Å². The Morgan fingerprint density at radius 3 is 2.84 bits per heavy atom. The van der Waals surface area contributed by atoms with Crippen LogP contribution in [0.2, 0.25) is 0 Å². The van der Waals surface area contributed by atoms with Crippen LogP contribution in [-0.4, -0.2) is 30.8 Å². The number of aromatic nitrogens is 3. The lowest BCUT2D eigenvalue weighted by molar-refractivity contribution is -0.394. The average molecular weight is 331 g/mol. The number of hydrogen-bond acceptors (Lipinski definition) is 6. The summed E-state index contributed by atoms with van der Waals surface area (Å²) in [6.07, 6.45) is 0. The number of carboxylic acid groups (broad SMARTS) is 1. The van der Waals surface area contributed by atoms with Gasteiger partial charge in [-0.15, -0.1) is 0 Å². The molecule has 0 aromatic carbocycles. The van der Waals surface area contributed by atoms with E-state index >= 15 is 0 Å². The maximum atomic E-state index is 10.8. The number of furan rings is 1. The zero-order valence-corrected chi connectivity index (χ0v) is 11.1. The Hall–Kier alpha value is -2.23. The van der Waals surface area contributed by atoms with Crippen LogP contribution in [0.3, 0.4) is 0 Å². The summed E-state index contributed by atoms with van der Waals surface area (Å²) in [7, 11) is 0. The summed E-state index contributed by atoms with van der Waals surface area (Å²) >= 11 is 3.02. The minimum atomic E-state index is -1.17. The van der Waals surface area contributed by atoms with E-state index < -0.39 is 16.8 Å². The molecule has 2 rings (SSSR count). The lowest BCUT2D eigenvalue weighted by Gasteiger charge is -1.93. The van der Waals surface area contributed by atoms with E-state index in [-0.39, 0.29) is 17.0 Å². The number of carbonyl (C=O) groups is 1. The van der Waals surface area contributed by atoms with Gasteiger partial charge in [-0.3, -0.25) is 0 Å². The smallest absolute Gasteiger partial charge is 0.475 e. The fourth-order valence-corrected chi connectivity index (χ4v) is 1.84. The van der Waals surface area contributed by atoms with Crippen molar-refractivity contribution >= 4 is 27.8 Å². The number of halogens is 1. The highest BCUT2D eigenvalue weighted by molar-refractivity contribution is 9.10. The third kappa shape index (κ3) is 2.62. The summed E-state index contributed by atoms with van der Waals surface area (Å²) in [4.78, 5) is 24.2. The monoisotopic (exact) mass is 330 g/mol. The number of rotatable bonds is 4. The molecule has 0 aliphatic rings. The first-order chi connectivity index (χ1) is 8.88. The Bertz CT molecular complexity index is 662. The van der Waals surface area contributed by atoms with Crippen LogP contribution in [0.1, 0.15) is 21.9 Å². The Morgan fingerprint density at radius 2 is 2.37 bits per heavy atom. The highest BCUT2D eigenvalue weighted by Gasteiger charge is 2.21. The van der Waals surface area contributed by atoms with E-state index in [4.69, 9.17) is 9.52 Å². The fraction of sp³-hybridized carbons (Fsp3) is 0.222. The molecule has 0 saturated heterocycles. The van der Waals surface area contributed by atoms with Gasteiger partial charge < -0.3 is 19.6 Å². The van der Waals surface area contributed by atoms with Crippen molar-refractivity contribution in [2.75, 3.05) is 0 Å². The Kier molecular flexibility index (Phi) is 3.34. The van der Waals surface area contributed by atoms with Crippen LogP contribution < -0.4 is 0 Å². The molecule has 2 aromatic heterocycles. The first kappa shape index (κ1) is 13.2. The van der Waals surface area contributed by atoms with E-state index in [0.717, 1.165) is 0 Å². The van der Waals surface area contributed by atoms with Gasteiger partial charge in [-0.1, -0.05) is 0 Å². The van der Waals surface area contributed by atoms with Crippen LogP contribution in [0.4, 0.5) is 5.95 Å². The SMILES string of the molecule is Cc1cc(Cn2nc([N+](=O)[O-])nc2Br)oc1C(=O)O. The number of aromatic carboxylic acids is 1. The van der Waals surface area contributed by atoms with E-state index in [0.29, 0.717) is 11.3 Å². The van der Waals surface area contributed by atoms with Gasteiger partial charge in [-0.25, -0.2) is 4.79 Å². The zero-order valence-electron chi connectivity index (χ0n) is 9.53. The standard InChI is InChI=1S/C9H7BrN4O5/c1-4-2-5(19-6(4)7(15)16)3-13-8(10)11-9(12-13)14(17)18/h2H,3H2,1H3,(H,15,16). The molecule has 0 radical (unpaired) electrons. The molecule has 0 aliphatic heterocycles. The molecule has 0 fully saturated rings. The molecule has 0 bridgehead atoms. The molecule has 19 heavy (non-hydrogen) atoms. The van der Waals surface area contributed by atoms with E-state index in [9.17, 15) is 14.9 Å². The summed E-state index contributed by atoms with van der Waals surface area (Å²) in [6, 6.07) is 1.53. The number of carboxylic acids is 1. The molecule has 2 aromatic rings. The average Bonchev–Trinajstić information content (AvgIpc) is 2.84. The van der Waals surface area contributed by atoms with Crippen molar-refractivity contribution in [3.8, 4) is 0 Å². The molecule has 9 nitrogen and oxygen atoms in total. The van der Waals surface area contributed by atoms with Crippen molar-refractivity contribution in [1.29, 1.82) is 0 Å². The van der Waals surface area contributed by atoms with Gasteiger partial charge in [0.15, 0.2) is 0 Å². The molecule has 1 N–H and O–H groups in total. The van der Waals surface area contributed by atoms with Gasteiger partial charge in [-0.2, -0.15) is 4.68 Å². The molecular formula is C9H7BrN4O5. The second kappa shape index (κ2) is 4.80. The molecular weight excluding hydrogens is 324 g/mol. The van der Waals surface area contributed by atoms with Crippen LogP contribution in [0.15, 0.2) is 15.2 Å². The second-order valence-corrected chi connectivity index (χ2v) is 4.33. The Balaban J connectivity index is 2.28. The summed E-state index contributed by atoms with van der Waals surface area (Å²) < 4.78 is 6.48. The van der Waals surface area contributed by atoms with Crippen LogP contribution in [-0.2, 0) is 6.54 Å². The summed E-state index contributed by atoms with van der Waals surface area (Å²) in [5.74, 6) is -1.57. The van der Waals surface area contributed by atoms with Crippen molar-refractivity contribution in [2.24, 2.45) is 0 Å². The zero-order chi connectivity index (χ0) is 14.2. The predicted octanol–water partition coefficient (Wildman–Crippen LogP) is 1.60. The van der Waals surface area contributed by atoms with Gasteiger partial charge in [-0.05, 0) is 22.9 Å². The number of hydrogen-bond donors (Lipinski definition) is 1. The van der Waals surface area contributed by atoms with E-state index in [2.05, 4.69) is 26.0 Å². The van der Waals surface area contributed by atoms with Crippen LogP contribution in [0.25, 0.3) is 0 Å². The number of nitro groups is 1. The lowest BCUT2D eigenvalue weighted by atomic mass is 10.2. The Labute approximate surface area is 114 Å². The quantitative estimate of drug-likeness (QED) is 0.666. The maximum Gasteiger partial charge on any atom is 0.492 e.